The van der Waals surface area contributed by atoms with Crippen molar-refractivity contribution >= 4 is 5.97 Å². The van der Waals surface area contributed by atoms with Crippen LogP contribution >= 0.6 is 0 Å². The molecule has 0 aromatic carbocycles. The molecule has 0 bridgehead atoms. The molecule has 0 radical (unpaired) electrons. The highest BCUT2D eigenvalue weighted by Crippen LogP contribution is 2.19. The van der Waals surface area contributed by atoms with Crippen LogP contribution in [0.2, 0.25) is 0 Å². The average Bonchev–Trinajstić information content (AvgIpc) is 2.96. The van der Waals surface area contributed by atoms with Crippen molar-refractivity contribution in [1.29, 1.82) is 0 Å². The van der Waals surface area contributed by atoms with E-state index in [2.05, 4.69) is 33.8 Å². The van der Waals surface area contributed by atoms with E-state index in [4.69, 9.17) is 4.74 Å². The van der Waals surface area contributed by atoms with E-state index in [1.54, 1.807) is 13.1 Å². The average molecular weight is 324 g/mol. The van der Waals surface area contributed by atoms with E-state index in [1.165, 1.54) is 0 Å². The van der Waals surface area contributed by atoms with E-state index in [1.807, 2.05) is 0 Å². The van der Waals surface area contributed by atoms with Crippen molar-refractivity contribution in [3.05, 3.63) is 17.5 Å². The fourth-order valence-electron chi connectivity index (χ4n) is 3.22. The van der Waals surface area contributed by atoms with Gasteiger partial charge in [-0.25, -0.2) is 4.79 Å². The van der Waals surface area contributed by atoms with Crippen LogP contribution in [0.5, 0.6) is 0 Å². The number of carbonyl (C=O) groups excluding carboxylic acids is 1. The Bertz CT molecular complexity index is 503. The number of piperazine rings is 1. The van der Waals surface area contributed by atoms with Crippen molar-refractivity contribution in [3.8, 4) is 0 Å². The first-order chi connectivity index (χ1) is 11.1. The van der Waals surface area contributed by atoms with E-state index in [9.17, 15) is 9.90 Å². The van der Waals surface area contributed by atoms with Gasteiger partial charge in [0, 0.05) is 50.4 Å². The molecule has 0 unspecified atom stereocenters. The molecule has 0 amide bonds. The van der Waals surface area contributed by atoms with Crippen LogP contribution in [0.4, 0.5) is 0 Å². The molecule has 0 aliphatic carbocycles. The Labute approximate surface area is 137 Å². The van der Waals surface area contributed by atoms with Gasteiger partial charge in [-0.15, -0.1) is 0 Å². The van der Waals surface area contributed by atoms with Gasteiger partial charge in [0.25, 0.3) is 0 Å². The van der Waals surface area contributed by atoms with Gasteiger partial charge in [-0.1, -0.05) is 0 Å². The molecule has 1 fully saturated rings. The highest BCUT2D eigenvalue weighted by Gasteiger charge is 2.29. The molecule has 1 aromatic heterocycles. The molecular formula is C16H28N4O3. The Hall–Kier alpha value is -1.44. The first kappa shape index (κ1) is 17.9. The second-order valence-corrected chi connectivity index (χ2v) is 6.22. The van der Waals surface area contributed by atoms with Gasteiger partial charge in [0.2, 0.25) is 0 Å². The number of nitrogens with zero attached hydrogens (tertiary/aromatic N) is 3. The highest BCUT2D eigenvalue weighted by atomic mass is 16.5. The van der Waals surface area contributed by atoms with Crippen molar-refractivity contribution in [1.82, 2.24) is 20.0 Å². The van der Waals surface area contributed by atoms with Gasteiger partial charge < -0.3 is 9.84 Å². The van der Waals surface area contributed by atoms with Crippen molar-refractivity contribution < 1.29 is 14.6 Å². The predicted octanol–water partition coefficient (Wildman–Crippen LogP) is 0.863. The van der Waals surface area contributed by atoms with Gasteiger partial charge in [0.1, 0.15) is 5.69 Å². The second-order valence-electron chi connectivity index (χ2n) is 6.22. The molecule has 2 N–H and O–H groups in total. The van der Waals surface area contributed by atoms with Crippen LogP contribution in [0.25, 0.3) is 0 Å². The third kappa shape index (κ3) is 4.53. The molecule has 0 saturated carbocycles. The highest BCUT2D eigenvalue weighted by molar-refractivity contribution is 5.88. The van der Waals surface area contributed by atoms with Crippen LogP contribution in [0.3, 0.4) is 0 Å². The SMILES string of the molecule is CCOC(=O)c1[nH]ncc1CN1CCN(C(C)C)[C@H](CCO)C1. The van der Waals surface area contributed by atoms with Crippen molar-refractivity contribution in [2.75, 3.05) is 32.8 Å². The molecule has 1 saturated heterocycles. The zero-order valence-electron chi connectivity index (χ0n) is 14.3. The summed E-state index contributed by atoms with van der Waals surface area (Å²) in [5, 5.41) is 16.0. The molecule has 7 nitrogen and oxygen atoms in total. The molecule has 0 spiro atoms. The standard InChI is InChI=1S/C16H28N4O3/c1-4-23-16(22)15-13(9-17-18-15)10-19-6-7-20(12(2)3)14(11-19)5-8-21/h9,12,14,21H,4-8,10-11H2,1-3H3,(H,17,18)/t14-/m1/s1. The largest absolute Gasteiger partial charge is 0.461 e. The van der Waals surface area contributed by atoms with Gasteiger partial charge in [0.05, 0.1) is 12.8 Å². The van der Waals surface area contributed by atoms with Gasteiger partial charge >= 0.3 is 5.97 Å². The predicted molar refractivity (Wildman–Crippen MR) is 87.2 cm³/mol. The monoisotopic (exact) mass is 324 g/mol. The molecule has 130 valence electrons. The van der Waals surface area contributed by atoms with Crippen molar-refractivity contribution in [3.63, 3.8) is 0 Å². The number of aliphatic hydroxyl groups excluding tert-OH is 1. The Morgan fingerprint density at radius 2 is 2.30 bits per heavy atom. The number of ether oxygens (including phenoxy) is 1. The number of rotatable bonds is 7. The maximum Gasteiger partial charge on any atom is 0.356 e. The summed E-state index contributed by atoms with van der Waals surface area (Å²) in [6.07, 6.45) is 2.47. The van der Waals surface area contributed by atoms with E-state index < -0.39 is 0 Å². The Kier molecular flexibility index (Phi) is 6.56. The van der Waals surface area contributed by atoms with Gasteiger partial charge in [-0.2, -0.15) is 5.10 Å². The number of esters is 1. The number of hydrogen-bond donors (Lipinski definition) is 2. The summed E-state index contributed by atoms with van der Waals surface area (Å²) in [6, 6.07) is 0.810. The van der Waals surface area contributed by atoms with Crippen LogP contribution in [0.15, 0.2) is 6.20 Å². The minimum Gasteiger partial charge on any atom is -0.461 e. The molecule has 7 heteroatoms. The third-order valence-corrected chi connectivity index (χ3v) is 4.33. The van der Waals surface area contributed by atoms with Gasteiger partial charge in [0.15, 0.2) is 0 Å². The van der Waals surface area contributed by atoms with Crippen LogP contribution in [0.1, 0.15) is 43.2 Å². The summed E-state index contributed by atoms with van der Waals surface area (Å²) in [4.78, 5) is 16.7. The first-order valence-electron chi connectivity index (χ1n) is 8.35. The molecule has 2 rings (SSSR count). The third-order valence-electron chi connectivity index (χ3n) is 4.33. The number of H-pyrrole nitrogens is 1. The quantitative estimate of drug-likeness (QED) is 0.724. The Morgan fingerprint density at radius 1 is 1.52 bits per heavy atom. The molecule has 1 atom stereocenters. The number of aromatic amines is 1. The normalized spacial score (nSPS) is 20.1. The molecule has 1 aromatic rings. The maximum absolute atomic E-state index is 11.9. The summed E-state index contributed by atoms with van der Waals surface area (Å²) in [6.45, 7) is 10.2. The lowest BCUT2D eigenvalue weighted by molar-refractivity contribution is 0.0344. The smallest absolute Gasteiger partial charge is 0.356 e. The van der Waals surface area contributed by atoms with Crippen LogP contribution in [-0.2, 0) is 11.3 Å². The van der Waals surface area contributed by atoms with Crippen molar-refractivity contribution in [2.24, 2.45) is 0 Å². The zero-order valence-corrected chi connectivity index (χ0v) is 14.3. The Balaban J connectivity index is 2.01. The zero-order chi connectivity index (χ0) is 16.8. The maximum atomic E-state index is 11.9. The summed E-state index contributed by atoms with van der Waals surface area (Å²) in [5.41, 5.74) is 1.31. The number of hydrogen-bond acceptors (Lipinski definition) is 6. The van der Waals surface area contributed by atoms with Gasteiger partial charge in [-0.05, 0) is 27.2 Å². The minimum atomic E-state index is -0.354. The molecule has 23 heavy (non-hydrogen) atoms. The lowest BCUT2D eigenvalue weighted by Gasteiger charge is -2.43. The lowest BCUT2D eigenvalue weighted by Crippen LogP contribution is -2.55. The fraction of sp³-hybridized carbons (Fsp3) is 0.750. The summed E-state index contributed by atoms with van der Waals surface area (Å²) >= 11 is 0. The summed E-state index contributed by atoms with van der Waals surface area (Å²) < 4.78 is 5.05. The van der Waals surface area contributed by atoms with Crippen LogP contribution in [-0.4, -0.2) is 76.0 Å². The second kappa shape index (κ2) is 8.42. The minimum absolute atomic E-state index is 0.196. The number of nitrogens with one attached hydrogen (secondary N) is 1. The van der Waals surface area contributed by atoms with Crippen molar-refractivity contribution in [2.45, 2.75) is 45.8 Å². The Morgan fingerprint density at radius 3 is 2.96 bits per heavy atom. The molecular weight excluding hydrogens is 296 g/mol. The molecule has 1 aliphatic heterocycles. The topological polar surface area (TPSA) is 81.7 Å². The summed E-state index contributed by atoms with van der Waals surface area (Å²) in [5.74, 6) is -0.354. The number of aliphatic hydroxyl groups is 1. The number of aromatic nitrogens is 2. The molecule has 1 aliphatic rings. The van der Waals surface area contributed by atoms with E-state index in [-0.39, 0.29) is 12.6 Å². The van der Waals surface area contributed by atoms with Crippen LogP contribution < -0.4 is 0 Å². The summed E-state index contributed by atoms with van der Waals surface area (Å²) in [7, 11) is 0. The number of carbonyl (C=O) groups is 1. The fourth-order valence-corrected chi connectivity index (χ4v) is 3.22. The van der Waals surface area contributed by atoms with Crippen LogP contribution in [0, 0.1) is 0 Å². The van der Waals surface area contributed by atoms with E-state index in [0.29, 0.717) is 30.9 Å². The van der Waals surface area contributed by atoms with Gasteiger partial charge in [-0.3, -0.25) is 14.9 Å². The first-order valence-corrected chi connectivity index (χ1v) is 8.35. The molecule has 2 heterocycles. The van der Waals surface area contributed by atoms with E-state index in [0.717, 1.165) is 31.6 Å². The van der Waals surface area contributed by atoms with E-state index >= 15 is 0 Å². The lowest BCUT2D eigenvalue weighted by atomic mass is 10.1.